The summed E-state index contributed by atoms with van der Waals surface area (Å²) in [5.74, 6) is 0. The molecule has 0 N–H and O–H groups in total. The van der Waals surface area contributed by atoms with Crippen molar-refractivity contribution in [1.29, 1.82) is 0 Å². The number of halogens is 1. The molecule has 0 bridgehead atoms. The van der Waals surface area contributed by atoms with Crippen LogP contribution in [0.4, 0.5) is 16.2 Å². The van der Waals surface area contributed by atoms with Gasteiger partial charge in [0.25, 0.3) is 10.0 Å². The van der Waals surface area contributed by atoms with Gasteiger partial charge in [-0.3, -0.25) is 4.90 Å². The van der Waals surface area contributed by atoms with E-state index in [1.165, 1.54) is 17.0 Å². The van der Waals surface area contributed by atoms with Crippen molar-refractivity contribution in [2.45, 2.75) is 25.3 Å². The Kier molecular flexibility index (Phi) is 4.84. The minimum absolute atomic E-state index is 0.0879. The Bertz CT molecular complexity index is 1220. The fraction of sp³-hybridized carbons (Fsp3) is 0.136. The zero-order valence-electron chi connectivity index (χ0n) is 16.0. The number of carbonyl (C=O) groups is 1. The number of nitrogens with zero attached hydrogens (tertiary/aromatic N) is 2. The SMILES string of the molecule is Cc1ccc(C)c(CN2C(=O)N(c3cccc(Cl)c3)S(=O)(=O)c3ccccc32)c1. The molecule has 0 unspecified atom stereocenters. The van der Waals surface area contributed by atoms with Crippen LogP contribution in [-0.2, 0) is 16.6 Å². The topological polar surface area (TPSA) is 57.7 Å². The standard InChI is InChI=1S/C22H19ClN2O3S/c1-15-10-11-16(2)17(12-15)14-24-20-8-3-4-9-21(20)29(27,28)25(22(24)26)19-7-5-6-18(23)13-19/h3-13H,14H2,1-2H3. The fourth-order valence-corrected chi connectivity index (χ4v) is 5.23. The molecule has 1 aliphatic heterocycles. The van der Waals surface area contributed by atoms with Gasteiger partial charge in [-0.15, -0.1) is 0 Å². The summed E-state index contributed by atoms with van der Waals surface area (Å²) in [6.07, 6.45) is 0. The molecule has 1 heterocycles. The minimum Gasteiger partial charge on any atom is -0.287 e. The molecule has 148 valence electrons. The third-order valence-electron chi connectivity index (χ3n) is 4.95. The molecular weight excluding hydrogens is 408 g/mol. The van der Waals surface area contributed by atoms with Gasteiger partial charge in [-0.1, -0.05) is 53.6 Å². The van der Waals surface area contributed by atoms with E-state index >= 15 is 0 Å². The number of hydrogen-bond acceptors (Lipinski definition) is 3. The molecule has 7 heteroatoms. The maximum atomic E-state index is 13.4. The van der Waals surface area contributed by atoms with E-state index in [4.69, 9.17) is 11.6 Å². The van der Waals surface area contributed by atoms with Crippen LogP contribution in [0.5, 0.6) is 0 Å². The molecule has 1 aliphatic rings. The van der Waals surface area contributed by atoms with Crippen molar-refractivity contribution in [2.75, 3.05) is 9.21 Å². The Morgan fingerprint density at radius 2 is 1.69 bits per heavy atom. The number of hydrogen-bond donors (Lipinski definition) is 0. The molecule has 0 radical (unpaired) electrons. The lowest BCUT2D eigenvalue weighted by Gasteiger charge is -2.36. The molecule has 4 rings (SSSR count). The third-order valence-corrected chi connectivity index (χ3v) is 6.94. The van der Waals surface area contributed by atoms with Crippen LogP contribution in [0.2, 0.25) is 5.02 Å². The zero-order valence-corrected chi connectivity index (χ0v) is 17.5. The van der Waals surface area contributed by atoms with Gasteiger partial charge in [0.15, 0.2) is 0 Å². The second kappa shape index (κ2) is 7.21. The number of carbonyl (C=O) groups excluding carboxylic acids is 1. The van der Waals surface area contributed by atoms with Gasteiger partial charge in [0, 0.05) is 5.02 Å². The van der Waals surface area contributed by atoms with Crippen LogP contribution in [0, 0.1) is 13.8 Å². The van der Waals surface area contributed by atoms with Gasteiger partial charge in [-0.25, -0.2) is 13.2 Å². The molecule has 5 nitrogen and oxygen atoms in total. The quantitative estimate of drug-likeness (QED) is 0.571. The average Bonchev–Trinajstić information content (AvgIpc) is 2.68. The lowest BCUT2D eigenvalue weighted by molar-refractivity contribution is 0.253. The average molecular weight is 427 g/mol. The number of anilines is 2. The van der Waals surface area contributed by atoms with E-state index in [1.54, 1.807) is 36.4 Å². The highest BCUT2D eigenvalue weighted by Gasteiger charge is 2.42. The summed E-state index contributed by atoms with van der Waals surface area (Å²) in [5, 5.41) is 0.352. The van der Waals surface area contributed by atoms with E-state index in [9.17, 15) is 13.2 Å². The maximum absolute atomic E-state index is 13.4. The van der Waals surface area contributed by atoms with Gasteiger partial charge < -0.3 is 0 Å². The number of fused-ring (bicyclic) bond motifs is 1. The predicted molar refractivity (Wildman–Crippen MR) is 115 cm³/mol. The normalized spacial score (nSPS) is 15.3. The predicted octanol–water partition coefficient (Wildman–Crippen LogP) is 5.29. The first-order valence-corrected chi connectivity index (χ1v) is 10.9. The van der Waals surface area contributed by atoms with Crippen LogP contribution in [-0.4, -0.2) is 14.4 Å². The number of urea groups is 1. The Hall–Kier alpha value is -2.83. The fourth-order valence-electron chi connectivity index (χ4n) is 3.46. The van der Waals surface area contributed by atoms with E-state index in [2.05, 4.69) is 0 Å². The Morgan fingerprint density at radius 1 is 0.931 bits per heavy atom. The van der Waals surface area contributed by atoms with Gasteiger partial charge in [-0.2, -0.15) is 4.31 Å². The van der Waals surface area contributed by atoms with E-state index < -0.39 is 16.1 Å². The molecule has 0 saturated carbocycles. The third kappa shape index (κ3) is 3.39. The summed E-state index contributed by atoms with van der Waals surface area (Å²) in [5.41, 5.74) is 3.64. The Labute approximate surface area is 175 Å². The van der Waals surface area contributed by atoms with Crippen LogP contribution in [0.25, 0.3) is 0 Å². The van der Waals surface area contributed by atoms with Crippen molar-refractivity contribution < 1.29 is 13.2 Å². The van der Waals surface area contributed by atoms with Gasteiger partial charge in [-0.05, 0) is 55.3 Å². The number of aryl methyl sites for hydroxylation is 2. The number of rotatable bonds is 3. The van der Waals surface area contributed by atoms with Crippen LogP contribution >= 0.6 is 11.6 Å². The summed E-state index contributed by atoms with van der Waals surface area (Å²) in [6, 6.07) is 18.2. The summed E-state index contributed by atoms with van der Waals surface area (Å²) < 4.78 is 27.4. The minimum atomic E-state index is -4.06. The van der Waals surface area contributed by atoms with E-state index in [1.807, 2.05) is 32.0 Å². The van der Waals surface area contributed by atoms with Crippen molar-refractivity contribution in [3.8, 4) is 0 Å². The van der Waals surface area contributed by atoms with Crippen molar-refractivity contribution in [3.05, 3.63) is 88.4 Å². The largest absolute Gasteiger partial charge is 0.343 e. The van der Waals surface area contributed by atoms with Crippen LogP contribution < -0.4 is 9.21 Å². The summed E-state index contributed by atoms with van der Waals surface area (Å²) in [4.78, 5) is 15.0. The summed E-state index contributed by atoms with van der Waals surface area (Å²) in [6.45, 7) is 4.22. The highest BCUT2D eigenvalue weighted by atomic mass is 35.5. The lowest BCUT2D eigenvalue weighted by Crippen LogP contribution is -2.50. The Balaban J connectivity index is 1.89. The first-order valence-electron chi connectivity index (χ1n) is 9.06. The molecule has 0 atom stereocenters. The molecule has 0 fully saturated rings. The monoisotopic (exact) mass is 426 g/mol. The van der Waals surface area contributed by atoms with Crippen LogP contribution in [0.3, 0.4) is 0 Å². The molecule has 2 amide bonds. The van der Waals surface area contributed by atoms with Crippen LogP contribution in [0.1, 0.15) is 16.7 Å². The van der Waals surface area contributed by atoms with Crippen molar-refractivity contribution in [1.82, 2.24) is 0 Å². The highest BCUT2D eigenvalue weighted by molar-refractivity contribution is 7.94. The first kappa shape index (κ1) is 19.5. The summed E-state index contributed by atoms with van der Waals surface area (Å²) >= 11 is 6.06. The Morgan fingerprint density at radius 3 is 2.45 bits per heavy atom. The number of benzene rings is 3. The first-order chi connectivity index (χ1) is 13.8. The van der Waals surface area contributed by atoms with Gasteiger partial charge in [0.05, 0.1) is 17.9 Å². The second-order valence-corrected chi connectivity index (χ2v) is 9.21. The van der Waals surface area contributed by atoms with Crippen molar-refractivity contribution in [2.24, 2.45) is 0 Å². The lowest BCUT2D eigenvalue weighted by atomic mass is 10.0. The highest BCUT2D eigenvalue weighted by Crippen LogP contribution is 2.38. The molecule has 0 saturated heterocycles. The smallest absolute Gasteiger partial charge is 0.287 e. The molecule has 0 aliphatic carbocycles. The number of amides is 2. The molecule has 3 aromatic carbocycles. The van der Waals surface area contributed by atoms with Crippen molar-refractivity contribution >= 4 is 39.0 Å². The van der Waals surface area contributed by atoms with Gasteiger partial charge >= 0.3 is 6.03 Å². The molecular formula is C22H19ClN2O3S. The molecule has 0 spiro atoms. The maximum Gasteiger partial charge on any atom is 0.343 e. The van der Waals surface area contributed by atoms with E-state index in [0.29, 0.717) is 10.7 Å². The van der Waals surface area contributed by atoms with E-state index in [0.717, 1.165) is 21.0 Å². The number of para-hydroxylation sites is 1. The van der Waals surface area contributed by atoms with E-state index in [-0.39, 0.29) is 17.1 Å². The summed E-state index contributed by atoms with van der Waals surface area (Å²) in [7, 11) is -4.06. The van der Waals surface area contributed by atoms with Crippen LogP contribution in [0.15, 0.2) is 71.6 Å². The molecule has 0 aromatic heterocycles. The second-order valence-electron chi connectivity index (χ2n) is 7.02. The zero-order chi connectivity index (χ0) is 20.8. The number of sulfonamides is 1. The van der Waals surface area contributed by atoms with Gasteiger partial charge in [0.1, 0.15) is 4.90 Å². The molecule has 29 heavy (non-hydrogen) atoms. The van der Waals surface area contributed by atoms with Crippen molar-refractivity contribution in [3.63, 3.8) is 0 Å². The van der Waals surface area contributed by atoms with Gasteiger partial charge in [0.2, 0.25) is 0 Å². The molecule has 3 aromatic rings.